The Kier molecular flexibility index (Phi) is 62.4. The summed E-state index contributed by atoms with van der Waals surface area (Å²) in [6.45, 7) is 6.35. The van der Waals surface area contributed by atoms with Gasteiger partial charge < -0.3 is 14.2 Å². The van der Waals surface area contributed by atoms with E-state index in [2.05, 4.69) is 179 Å². The molecule has 0 rings (SSSR count). The predicted octanol–water partition coefficient (Wildman–Crippen LogP) is 22.5. The molecule has 1 unspecified atom stereocenters. The molecule has 0 aromatic carbocycles. The van der Waals surface area contributed by atoms with Gasteiger partial charge in [-0.1, -0.05) is 262 Å². The van der Waals surface area contributed by atoms with Crippen LogP contribution >= 0.6 is 0 Å². The van der Waals surface area contributed by atoms with E-state index in [9.17, 15) is 14.4 Å². The first-order valence-electron chi connectivity index (χ1n) is 32.5. The number of hydrogen-bond acceptors (Lipinski definition) is 6. The highest BCUT2D eigenvalue weighted by molar-refractivity contribution is 5.71. The summed E-state index contributed by atoms with van der Waals surface area (Å²) in [6.07, 6.45) is 96.7. The van der Waals surface area contributed by atoms with Crippen LogP contribution in [0.15, 0.2) is 158 Å². The Morgan fingerprint density at radius 1 is 0.263 bits per heavy atom. The Balaban J connectivity index is 4.52. The lowest BCUT2D eigenvalue weighted by molar-refractivity contribution is -0.167. The summed E-state index contributed by atoms with van der Waals surface area (Å²) in [5, 5.41) is 0. The zero-order valence-electron chi connectivity index (χ0n) is 51.5. The Labute approximate surface area is 492 Å². The van der Waals surface area contributed by atoms with Crippen molar-refractivity contribution in [3.63, 3.8) is 0 Å². The molecule has 0 heterocycles. The van der Waals surface area contributed by atoms with E-state index in [1.165, 1.54) is 83.5 Å². The van der Waals surface area contributed by atoms with Gasteiger partial charge in [0.25, 0.3) is 0 Å². The smallest absolute Gasteiger partial charge is 0.306 e. The first-order valence-corrected chi connectivity index (χ1v) is 32.5. The molecule has 0 aliphatic carbocycles. The minimum atomic E-state index is -0.818. The molecule has 0 aliphatic rings. The van der Waals surface area contributed by atoms with E-state index in [1.54, 1.807) is 0 Å². The van der Waals surface area contributed by atoms with Crippen LogP contribution in [0.3, 0.4) is 0 Å². The number of carbonyl (C=O) groups excluding carboxylic acids is 3. The highest BCUT2D eigenvalue weighted by Gasteiger charge is 2.19. The average molecular weight is 1100 g/mol. The minimum absolute atomic E-state index is 0.112. The highest BCUT2D eigenvalue weighted by Crippen LogP contribution is 2.14. The van der Waals surface area contributed by atoms with Gasteiger partial charge in [0, 0.05) is 19.3 Å². The average Bonchev–Trinajstić information content (AvgIpc) is 3.46. The lowest BCUT2D eigenvalue weighted by atomic mass is 10.1. The molecule has 0 spiro atoms. The number of hydrogen-bond donors (Lipinski definition) is 0. The van der Waals surface area contributed by atoms with Crippen molar-refractivity contribution in [1.29, 1.82) is 0 Å². The van der Waals surface area contributed by atoms with Crippen LogP contribution in [-0.2, 0) is 28.6 Å². The van der Waals surface area contributed by atoms with Gasteiger partial charge >= 0.3 is 17.9 Å². The van der Waals surface area contributed by atoms with Crippen LogP contribution in [0.25, 0.3) is 0 Å². The summed E-state index contributed by atoms with van der Waals surface area (Å²) in [7, 11) is 0. The lowest BCUT2D eigenvalue weighted by Crippen LogP contribution is -2.30. The van der Waals surface area contributed by atoms with Crippen molar-refractivity contribution >= 4 is 17.9 Å². The SMILES string of the molecule is CC/C=C\C/C=C\C/C=C\C/C=C\C/C=C\C/C=C\C/C=C\C/C=C\CCCCC(=O)OCC(COC(=O)CCCCCC/C=C\C/C=C\C/C=C\C/C=C\CC)OC(=O)CCCCCCCCC/C=C\CCCCCCCCC. The normalized spacial score (nSPS) is 13.2. The van der Waals surface area contributed by atoms with Crippen molar-refractivity contribution in [3.05, 3.63) is 158 Å². The number of unbranched alkanes of at least 4 members (excludes halogenated alkanes) is 20. The predicted molar refractivity (Wildman–Crippen MR) is 348 cm³/mol. The Bertz CT molecular complexity index is 1790. The molecule has 0 saturated carbocycles. The number of allylic oxidation sites excluding steroid dienone is 26. The fraction of sp³-hybridized carbons (Fsp3) is 0.608. The summed E-state index contributed by atoms with van der Waals surface area (Å²) >= 11 is 0. The van der Waals surface area contributed by atoms with E-state index in [4.69, 9.17) is 14.2 Å². The summed E-state index contributed by atoms with van der Waals surface area (Å²) in [5.41, 5.74) is 0. The summed E-state index contributed by atoms with van der Waals surface area (Å²) in [6, 6.07) is 0. The standard InChI is InChI=1S/C74H118O6/c1-4-7-10-13-16-19-22-25-28-31-33-34-35-36-37-38-39-40-41-44-46-49-52-55-58-61-64-67-73(76)79-70-71(69-78-72(75)66-63-60-57-54-51-48-45-42-30-27-24-21-18-15-12-9-6-3)80-74(77)68-65-62-59-56-53-50-47-43-32-29-26-23-20-17-14-11-8-5-2/h7,9-10,12,16,18-19,21,25,27-30,32-34,36-37,39-40,44-46,48,52,55,71H,4-6,8,11,13-15,17,20,22-24,26,31,35,38,41-43,47,49-51,53-54,56-70H2,1-3H3/b10-7-,12-9-,19-16-,21-18-,28-25-,30-27-,32-29-,34-33-,37-36-,40-39-,46-44-,48-45-,55-52-. The molecule has 0 fully saturated rings. The van der Waals surface area contributed by atoms with Gasteiger partial charge in [0.2, 0.25) is 0 Å². The number of esters is 3. The first kappa shape index (κ1) is 75.0. The quantitative estimate of drug-likeness (QED) is 0.0261. The largest absolute Gasteiger partial charge is 0.462 e. The zero-order chi connectivity index (χ0) is 57.8. The van der Waals surface area contributed by atoms with Crippen LogP contribution < -0.4 is 0 Å². The maximum Gasteiger partial charge on any atom is 0.306 e. The van der Waals surface area contributed by atoms with Crippen molar-refractivity contribution in [3.8, 4) is 0 Å². The van der Waals surface area contributed by atoms with Crippen LogP contribution in [0, 0.1) is 0 Å². The van der Waals surface area contributed by atoms with Crippen LogP contribution in [0.1, 0.15) is 271 Å². The van der Waals surface area contributed by atoms with Crippen LogP contribution in [-0.4, -0.2) is 37.2 Å². The van der Waals surface area contributed by atoms with Crippen LogP contribution in [0.5, 0.6) is 0 Å². The van der Waals surface area contributed by atoms with Gasteiger partial charge in [-0.3, -0.25) is 14.4 Å². The third-order valence-corrected chi connectivity index (χ3v) is 13.2. The molecule has 0 amide bonds. The second-order valence-electron chi connectivity index (χ2n) is 20.9. The van der Waals surface area contributed by atoms with Crippen molar-refractivity contribution in [2.45, 2.75) is 277 Å². The molecule has 80 heavy (non-hydrogen) atoms. The molecule has 1 atom stereocenters. The van der Waals surface area contributed by atoms with Crippen molar-refractivity contribution in [1.82, 2.24) is 0 Å². The molecule has 0 radical (unpaired) electrons. The second-order valence-corrected chi connectivity index (χ2v) is 20.9. The van der Waals surface area contributed by atoms with Crippen molar-refractivity contribution in [2.24, 2.45) is 0 Å². The lowest BCUT2D eigenvalue weighted by Gasteiger charge is -2.18. The molecule has 0 bridgehead atoms. The zero-order valence-corrected chi connectivity index (χ0v) is 51.5. The molecular formula is C74H118O6. The van der Waals surface area contributed by atoms with Gasteiger partial charge in [0.1, 0.15) is 13.2 Å². The molecule has 6 nitrogen and oxygen atoms in total. The summed E-state index contributed by atoms with van der Waals surface area (Å²) in [5.74, 6) is -0.985. The molecule has 450 valence electrons. The van der Waals surface area contributed by atoms with Gasteiger partial charge in [0.05, 0.1) is 0 Å². The van der Waals surface area contributed by atoms with E-state index < -0.39 is 6.10 Å². The third kappa shape index (κ3) is 63.9. The van der Waals surface area contributed by atoms with Crippen LogP contribution in [0.2, 0.25) is 0 Å². The first-order chi connectivity index (χ1) is 39.5. The maximum absolute atomic E-state index is 12.9. The van der Waals surface area contributed by atoms with E-state index >= 15 is 0 Å². The molecule has 0 aromatic heterocycles. The molecule has 0 saturated heterocycles. The fourth-order valence-corrected chi connectivity index (χ4v) is 8.44. The van der Waals surface area contributed by atoms with Crippen molar-refractivity contribution in [2.75, 3.05) is 13.2 Å². The molecular weight excluding hydrogens is 985 g/mol. The topological polar surface area (TPSA) is 78.9 Å². The Morgan fingerprint density at radius 3 is 0.800 bits per heavy atom. The molecule has 6 heteroatoms. The Hall–Kier alpha value is -4.97. The van der Waals surface area contributed by atoms with E-state index in [0.29, 0.717) is 25.7 Å². The summed E-state index contributed by atoms with van der Waals surface area (Å²) in [4.78, 5) is 38.3. The monoisotopic (exact) mass is 1100 g/mol. The molecule has 0 aromatic rings. The minimum Gasteiger partial charge on any atom is -0.462 e. The third-order valence-electron chi connectivity index (χ3n) is 13.2. The van der Waals surface area contributed by atoms with Crippen LogP contribution in [0.4, 0.5) is 0 Å². The number of carbonyl (C=O) groups is 3. The van der Waals surface area contributed by atoms with E-state index in [-0.39, 0.29) is 31.1 Å². The molecule has 0 aliphatic heterocycles. The van der Waals surface area contributed by atoms with Gasteiger partial charge in [0.15, 0.2) is 6.10 Å². The van der Waals surface area contributed by atoms with Gasteiger partial charge in [-0.25, -0.2) is 0 Å². The van der Waals surface area contributed by atoms with Gasteiger partial charge in [-0.15, -0.1) is 0 Å². The van der Waals surface area contributed by atoms with Gasteiger partial charge in [-0.2, -0.15) is 0 Å². The molecule has 0 N–H and O–H groups in total. The maximum atomic E-state index is 12.9. The summed E-state index contributed by atoms with van der Waals surface area (Å²) < 4.78 is 16.9. The van der Waals surface area contributed by atoms with Crippen molar-refractivity contribution < 1.29 is 28.6 Å². The second kappa shape index (κ2) is 66.5. The Morgan fingerprint density at radius 2 is 0.487 bits per heavy atom. The van der Waals surface area contributed by atoms with E-state index in [0.717, 1.165) is 141 Å². The van der Waals surface area contributed by atoms with E-state index in [1.807, 2.05) is 0 Å². The highest BCUT2D eigenvalue weighted by atomic mass is 16.6. The number of rotatable bonds is 57. The fourth-order valence-electron chi connectivity index (χ4n) is 8.44. The van der Waals surface area contributed by atoms with Gasteiger partial charge in [-0.05, 0) is 148 Å². The number of ether oxygens (including phenoxy) is 3.